The van der Waals surface area contributed by atoms with E-state index in [-0.39, 0.29) is 12.5 Å². The number of benzene rings is 2. The Morgan fingerprint density at radius 1 is 1.16 bits per heavy atom. The first kappa shape index (κ1) is 19.1. The number of aliphatic hydroxyl groups excluding tert-OH is 1. The third kappa shape index (κ3) is 7.05. The van der Waals surface area contributed by atoms with E-state index in [0.29, 0.717) is 19.7 Å². The molecule has 0 saturated carbocycles. The fraction of sp³-hybridized carbons (Fsp3) is 0.350. The van der Waals surface area contributed by atoms with Gasteiger partial charge in [-0.05, 0) is 24.2 Å². The molecule has 0 aliphatic carbocycles. The van der Waals surface area contributed by atoms with Crippen LogP contribution in [-0.2, 0) is 22.7 Å². The Hall–Kier alpha value is -2.21. The molecule has 25 heavy (non-hydrogen) atoms. The van der Waals surface area contributed by atoms with Crippen molar-refractivity contribution >= 4 is 11.6 Å². The van der Waals surface area contributed by atoms with E-state index in [4.69, 9.17) is 4.74 Å². The molecule has 2 aromatic rings. The van der Waals surface area contributed by atoms with E-state index in [1.165, 1.54) is 6.92 Å². The minimum atomic E-state index is -0.568. The molecule has 1 amide bonds. The summed E-state index contributed by atoms with van der Waals surface area (Å²) in [5.41, 5.74) is 2.90. The molecule has 5 heteroatoms. The molecule has 0 saturated heterocycles. The Balaban J connectivity index is 1.77. The summed E-state index contributed by atoms with van der Waals surface area (Å²) >= 11 is 0. The van der Waals surface area contributed by atoms with Crippen LogP contribution in [0.5, 0.6) is 0 Å². The van der Waals surface area contributed by atoms with Crippen molar-refractivity contribution in [2.24, 2.45) is 0 Å². The number of hydrogen-bond donors (Lipinski definition) is 2. The molecule has 2 aromatic carbocycles. The van der Waals surface area contributed by atoms with E-state index >= 15 is 0 Å². The van der Waals surface area contributed by atoms with Crippen LogP contribution >= 0.6 is 0 Å². The van der Waals surface area contributed by atoms with Crippen molar-refractivity contribution in [3.05, 3.63) is 65.7 Å². The van der Waals surface area contributed by atoms with Crippen LogP contribution in [0.25, 0.3) is 0 Å². The van der Waals surface area contributed by atoms with Gasteiger partial charge in [0.1, 0.15) is 0 Å². The van der Waals surface area contributed by atoms with Crippen molar-refractivity contribution in [2.75, 3.05) is 25.5 Å². The quantitative estimate of drug-likeness (QED) is 0.735. The highest BCUT2D eigenvalue weighted by atomic mass is 16.5. The lowest BCUT2D eigenvalue weighted by atomic mass is 10.1. The van der Waals surface area contributed by atoms with Gasteiger partial charge in [-0.15, -0.1) is 0 Å². The van der Waals surface area contributed by atoms with E-state index in [9.17, 15) is 9.90 Å². The van der Waals surface area contributed by atoms with Crippen molar-refractivity contribution < 1.29 is 14.6 Å². The average Bonchev–Trinajstić information content (AvgIpc) is 2.57. The number of para-hydroxylation sites is 1. The Bertz CT molecular complexity index is 661. The monoisotopic (exact) mass is 342 g/mol. The van der Waals surface area contributed by atoms with Crippen LogP contribution in [0.4, 0.5) is 5.69 Å². The summed E-state index contributed by atoms with van der Waals surface area (Å²) in [5, 5.41) is 13.0. The predicted molar refractivity (Wildman–Crippen MR) is 99.2 cm³/mol. The van der Waals surface area contributed by atoms with E-state index in [0.717, 1.165) is 16.8 Å². The zero-order valence-corrected chi connectivity index (χ0v) is 14.8. The maximum absolute atomic E-state index is 11.3. The van der Waals surface area contributed by atoms with E-state index < -0.39 is 6.10 Å². The van der Waals surface area contributed by atoms with Crippen LogP contribution in [0.1, 0.15) is 18.1 Å². The first-order chi connectivity index (χ1) is 12.0. The number of carbonyl (C=O) groups is 1. The molecule has 0 fully saturated rings. The fourth-order valence-corrected chi connectivity index (χ4v) is 2.62. The molecule has 0 heterocycles. The molecule has 134 valence electrons. The summed E-state index contributed by atoms with van der Waals surface area (Å²) in [5.74, 6) is -0.0931. The van der Waals surface area contributed by atoms with Crippen LogP contribution in [0.15, 0.2) is 54.6 Å². The predicted octanol–water partition coefficient (Wildman–Crippen LogP) is 2.65. The fourth-order valence-electron chi connectivity index (χ4n) is 2.62. The van der Waals surface area contributed by atoms with Gasteiger partial charge in [0.25, 0.3) is 0 Å². The molecule has 0 radical (unpaired) electrons. The molecule has 5 nitrogen and oxygen atoms in total. The van der Waals surface area contributed by atoms with Gasteiger partial charge in [0.15, 0.2) is 0 Å². The third-order valence-electron chi connectivity index (χ3n) is 3.71. The third-order valence-corrected chi connectivity index (χ3v) is 3.71. The summed E-state index contributed by atoms with van der Waals surface area (Å²) in [4.78, 5) is 13.3. The largest absolute Gasteiger partial charge is 0.389 e. The van der Waals surface area contributed by atoms with Gasteiger partial charge in [-0.2, -0.15) is 0 Å². The van der Waals surface area contributed by atoms with Crippen molar-refractivity contribution in [3.8, 4) is 0 Å². The zero-order chi connectivity index (χ0) is 18.1. The zero-order valence-electron chi connectivity index (χ0n) is 14.8. The molecule has 0 bridgehead atoms. The molecule has 2 N–H and O–H groups in total. The molecule has 0 aromatic heterocycles. The minimum absolute atomic E-state index is 0.0931. The van der Waals surface area contributed by atoms with Gasteiger partial charge in [-0.1, -0.05) is 48.5 Å². The van der Waals surface area contributed by atoms with Crippen molar-refractivity contribution in [2.45, 2.75) is 26.2 Å². The normalized spacial score (nSPS) is 12.2. The van der Waals surface area contributed by atoms with Crippen LogP contribution in [0.3, 0.4) is 0 Å². The Kier molecular flexibility index (Phi) is 7.60. The number of rotatable bonds is 9. The standard InChI is InChI=1S/C20H26N2O3/c1-16(23)21-20-11-7-6-10-18(20)12-22(2)13-19(24)15-25-14-17-8-4-3-5-9-17/h3-11,19,24H,12-15H2,1-2H3,(H,21,23). The number of likely N-dealkylation sites (N-methyl/N-ethyl adjacent to an activating group) is 1. The van der Waals surface area contributed by atoms with E-state index in [1.54, 1.807) is 0 Å². The highest BCUT2D eigenvalue weighted by molar-refractivity contribution is 5.89. The number of aliphatic hydroxyl groups is 1. The molecule has 1 atom stereocenters. The summed E-state index contributed by atoms with van der Waals surface area (Å²) in [6.07, 6.45) is -0.568. The molecular weight excluding hydrogens is 316 g/mol. The van der Waals surface area contributed by atoms with Gasteiger partial charge in [-0.3, -0.25) is 9.69 Å². The molecular formula is C20H26N2O3. The maximum Gasteiger partial charge on any atom is 0.221 e. The van der Waals surface area contributed by atoms with Gasteiger partial charge in [0.05, 0.1) is 19.3 Å². The molecule has 2 rings (SSSR count). The second kappa shape index (κ2) is 9.93. The SMILES string of the molecule is CC(=O)Nc1ccccc1CN(C)CC(O)COCc1ccccc1. The van der Waals surface area contributed by atoms with Crippen LogP contribution in [0, 0.1) is 0 Å². The first-order valence-electron chi connectivity index (χ1n) is 8.38. The number of nitrogens with zero attached hydrogens (tertiary/aromatic N) is 1. The first-order valence-corrected chi connectivity index (χ1v) is 8.38. The number of carbonyl (C=O) groups excluding carboxylic acids is 1. The van der Waals surface area contributed by atoms with Gasteiger partial charge in [0.2, 0.25) is 5.91 Å². The minimum Gasteiger partial charge on any atom is -0.389 e. The van der Waals surface area contributed by atoms with E-state index in [2.05, 4.69) is 5.32 Å². The Morgan fingerprint density at radius 3 is 2.56 bits per heavy atom. The van der Waals surface area contributed by atoms with Crippen LogP contribution in [-0.4, -0.2) is 42.2 Å². The maximum atomic E-state index is 11.3. The lowest BCUT2D eigenvalue weighted by Crippen LogP contribution is -2.32. The summed E-state index contributed by atoms with van der Waals surface area (Å²) in [7, 11) is 1.94. The van der Waals surface area contributed by atoms with Gasteiger partial charge in [-0.25, -0.2) is 0 Å². The molecule has 1 unspecified atom stereocenters. The van der Waals surface area contributed by atoms with Crippen molar-refractivity contribution in [1.29, 1.82) is 0 Å². The molecule has 0 aliphatic heterocycles. The average molecular weight is 342 g/mol. The van der Waals surface area contributed by atoms with Crippen LogP contribution < -0.4 is 5.32 Å². The van der Waals surface area contributed by atoms with E-state index in [1.807, 2.05) is 66.5 Å². The topological polar surface area (TPSA) is 61.8 Å². The Morgan fingerprint density at radius 2 is 1.84 bits per heavy atom. The summed E-state index contributed by atoms with van der Waals surface area (Å²) in [6.45, 7) is 3.39. The number of nitrogens with one attached hydrogen (secondary N) is 1. The van der Waals surface area contributed by atoms with Crippen LogP contribution in [0.2, 0.25) is 0 Å². The van der Waals surface area contributed by atoms with Gasteiger partial charge >= 0.3 is 0 Å². The highest BCUT2D eigenvalue weighted by Crippen LogP contribution is 2.16. The number of anilines is 1. The summed E-state index contributed by atoms with van der Waals surface area (Å²) in [6, 6.07) is 17.6. The smallest absolute Gasteiger partial charge is 0.221 e. The Labute approximate surface area is 149 Å². The lowest BCUT2D eigenvalue weighted by molar-refractivity contribution is -0.114. The lowest BCUT2D eigenvalue weighted by Gasteiger charge is -2.22. The summed E-state index contributed by atoms with van der Waals surface area (Å²) < 4.78 is 5.58. The highest BCUT2D eigenvalue weighted by Gasteiger charge is 2.11. The number of ether oxygens (including phenoxy) is 1. The number of amides is 1. The molecule has 0 aliphatic rings. The second-order valence-corrected chi connectivity index (χ2v) is 6.19. The number of hydrogen-bond acceptors (Lipinski definition) is 4. The second-order valence-electron chi connectivity index (χ2n) is 6.19. The van der Waals surface area contributed by atoms with Crippen molar-refractivity contribution in [1.82, 2.24) is 4.90 Å². The van der Waals surface area contributed by atoms with Gasteiger partial charge in [0, 0.05) is 25.7 Å². The molecule has 0 spiro atoms. The van der Waals surface area contributed by atoms with Crippen molar-refractivity contribution in [3.63, 3.8) is 0 Å². The van der Waals surface area contributed by atoms with Gasteiger partial charge < -0.3 is 15.2 Å².